The summed E-state index contributed by atoms with van der Waals surface area (Å²) in [5, 5.41) is 4.31. The largest absolute Gasteiger partial charge is 0.496 e. The first-order valence-corrected chi connectivity index (χ1v) is 9.32. The van der Waals surface area contributed by atoms with E-state index in [1.54, 1.807) is 36.2 Å². The highest BCUT2D eigenvalue weighted by Gasteiger charge is 2.11. The maximum Gasteiger partial charge on any atom is 0.189 e. The molecule has 0 N–H and O–H groups in total. The highest BCUT2D eigenvalue weighted by Crippen LogP contribution is 2.23. The third-order valence-corrected chi connectivity index (χ3v) is 4.48. The van der Waals surface area contributed by atoms with Gasteiger partial charge in [-0.25, -0.2) is 4.39 Å². The summed E-state index contributed by atoms with van der Waals surface area (Å²) in [6, 6.07) is 11.4. The summed E-state index contributed by atoms with van der Waals surface area (Å²) in [5.41, 5.74) is 2.97. The number of allylic oxidation sites excluding steroid dienone is 1. The molecule has 29 heavy (non-hydrogen) atoms. The lowest BCUT2D eigenvalue weighted by molar-refractivity contribution is 0.104. The third kappa shape index (κ3) is 5.10. The van der Waals surface area contributed by atoms with Crippen LogP contribution in [0.25, 0.3) is 6.08 Å². The summed E-state index contributed by atoms with van der Waals surface area (Å²) in [4.78, 5) is 12.5. The second-order valence-corrected chi connectivity index (χ2v) is 6.50. The van der Waals surface area contributed by atoms with Gasteiger partial charge in [-0.3, -0.25) is 9.48 Å². The molecule has 6 heteroatoms. The van der Waals surface area contributed by atoms with Gasteiger partial charge in [-0.2, -0.15) is 5.10 Å². The van der Waals surface area contributed by atoms with Crippen molar-refractivity contribution >= 4 is 11.9 Å². The van der Waals surface area contributed by atoms with E-state index in [0.717, 1.165) is 11.1 Å². The smallest absolute Gasteiger partial charge is 0.189 e. The van der Waals surface area contributed by atoms with Crippen LogP contribution >= 0.6 is 0 Å². The minimum Gasteiger partial charge on any atom is -0.496 e. The summed E-state index contributed by atoms with van der Waals surface area (Å²) < 4.78 is 25.9. The number of aryl methyl sites for hydroxylation is 2. The molecule has 5 nitrogen and oxygen atoms in total. The fraction of sp³-hybridized carbons (Fsp3) is 0.217. The molecule has 1 heterocycles. The van der Waals surface area contributed by atoms with Crippen LogP contribution in [0.4, 0.5) is 4.39 Å². The Morgan fingerprint density at radius 2 is 1.97 bits per heavy atom. The molecule has 0 radical (unpaired) electrons. The van der Waals surface area contributed by atoms with Crippen molar-refractivity contribution in [3.05, 3.63) is 82.9 Å². The lowest BCUT2D eigenvalue weighted by Crippen LogP contribution is -1.99. The summed E-state index contributed by atoms with van der Waals surface area (Å²) >= 11 is 0. The summed E-state index contributed by atoms with van der Waals surface area (Å²) in [5.74, 6) is 0.831. The summed E-state index contributed by atoms with van der Waals surface area (Å²) in [7, 11) is 1.59. The number of ketones is 1. The molecular weight excluding hydrogens is 371 g/mol. The van der Waals surface area contributed by atoms with Crippen LogP contribution in [0.2, 0.25) is 0 Å². The molecule has 3 aromatic rings. The zero-order chi connectivity index (χ0) is 20.8. The number of nitrogens with zero attached hydrogens (tertiary/aromatic N) is 2. The Morgan fingerprint density at radius 3 is 2.62 bits per heavy atom. The van der Waals surface area contributed by atoms with Crippen molar-refractivity contribution in [2.24, 2.45) is 0 Å². The van der Waals surface area contributed by atoms with Gasteiger partial charge in [0.25, 0.3) is 0 Å². The van der Waals surface area contributed by atoms with Crippen molar-refractivity contribution in [1.29, 1.82) is 0 Å². The van der Waals surface area contributed by atoms with E-state index in [2.05, 4.69) is 5.10 Å². The number of halogens is 1. The van der Waals surface area contributed by atoms with Gasteiger partial charge >= 0.3 is 0 Å². The van der Waals surface area contributed by atoms with Gasteiger partial charge in [-0.05, 0) is 61.9 Å². The minimum absolute atomic E-state index is 0.0952. The molecule has 2 aromatic carbocycles. The van der Waals surface area contributed by atoms with E-state index in [-0.39, 0.29) is 18.2 Å². The number of hydrogen-bond donors (Lipinski definition) is 0. The first-order chi connectivity index (χ1) is 14.0. The van der Waals surface area contributed by atoms with Crippen LogP contribution in [-0.4, -0.2) is 22.7 Å². The van der Waals surface area contributed by atoms with Gasteiger partial charge in [0.15, 0.2) is 5.78 Å². The van der Waals surface area contributed by atoms with Gasteiger partial charge < -0.3 is 9.47 Å². The van der Waals surface area contributed by atoms with E-state index in [9.17, 15) is 9.18 Å². The van der Waals surface area contributed by atoms with E-state index in [0.29, 0.717) is 29.3 Å². The second kappa shape index (κ2) is 9.19. The summed E-state index contributed by atoms with van der Waals surface area (Å²) in [6.07, 6.45) is 5.06. The average molecular weight is 394 g/mol. The molecule has 0 atom stereocenters. The van der Waals surface area contributed by atoms with E-state index in [4.69, 9.17) is 9.47 Å². The van der Waals surface area contributed by atoms with Crippen LogP contribution in [0, 0.1) is 12.7 Å². The van der Waals surface area contributed by atoms with Gasteiger partial charge in [0.05, 0.1) is 18.4 Å². The SMILES string of the molecule is CCn1cc(C(=O)/C=C/c2ccc(OC)c(COc3ccc(F)cc3)c2)c(C)n1. The molecule has 0 amide bonds. The minimum atomic E-state index is -0.313. The van der Waals surface area contributed by atoms with E-state index in [1.165, 1.54) is 18.2 Å². The lowest BCUT2D eigenvalue weighted by Gasteiger charge is -2.11. The summed E-state index contributed by atoms with van der Waals surface area (Å²) in [6.45, 7) is 4.77. The zero-order valence-corrected chi connectivity index (χ0v) is 16.7. The van der Waals surface area contributed by atoms with E-state index in [1.807, 2.05) is 32.0 Å². The average Bonchev–Trinajstić information content (AvgIpc) is 3.12. The number of benzene rings is 2. The van der Waals surface area contributed by atoms with Crippen LogP contribution in [0.5, 0.6) is 11.5 Å². The van der Waals surface area contributed by atoms with Crippen molar-refractivity contribution in [1.82, 2.24) is 9.78 Å². The van der Waals surface area contributed by atoms with Gasteiger partial charge in [0.2, 0.25) is 0 Å². The number of carbonyl (C=O) groups is 1. The second-order valence-electron chi connectivity index (χ2n) is 6.50. The number of hydrogen-bond acceptors (Lipinski definition) is 4. The third-order valence-electron chi connectivity index (χ3n) is 4.48. The Bertz CT molecular complexity index is 1020. The molecule has 1 aromatic heterocycles. The monoisotopic (exact) mass is 394 g/mol. The molecule has 0 unspecified atom stereocenters. The molecule has 0 aliphatic rings. The quantitative estimate of drug-likeness (QED) is 0.405. The molecule has 0 bridgehead atoms. The van der Waals surface area contributed by atoms with Crippen molar-refractivity contribution < 1.29 is 18.7 Å². The van der Waals surface area contributed by atoms with Crippen molar-refractivity contribution in [2.75, 3.05) is 7.11 Å². The Kier molecular flexibility index (Phi) is 6.44. The molecule has 3 rings (SSSR count). The predicted molar refractivity (Wildman–Crippen MR) is 110 cm³/mol. The Hall–Kier alpha value is -3.41. The highest BCUT2D eigenvalue weighted by molar-refractivity contribution is 6.07. The molecular formula is C23H23FN2O3. The molecule has 0 fully saturated rings. The molecule has 150 valence electrons. The van der Waals surface area contributed by atoms with E-state index < -0.39 is 0 Å². The number of aromatic nitrogens is 2. The van der Waals surface area contributed by atoms with Gasteiger partial charge in [-0.15, -0.1) is 0 Å². The van der Waals surface area contributed by atoms with Crippen molar-refractivity contribution in [3.8, 4) is 11.5 Å². The predicted octanol–water partition coefficient (Wildman–Crippen LogP) is 4.83. The van der Waals surface area contributed by atoms with Crippen LogP contribution < -0.4 is 9.47 Å². The first-order valence-electron chi connectivity index (χ1n) is 9.32. The normalized spacial score (nSPS) is 11.0. The maximum absolute atomic E-state index is 13.0. The number of rotatable bonds is 8. The van der Waals surface area contributed by atoms with Gasteiger partial charge in [-0.1, -0.05) is 12.1 Å². The standard InChI is InChI=1S/C23H23FN2O3/c1-4-26-14-21(16(2)25-26)22(27)11-5-17-6-12-23(28-3)18(13-17)15-29-20-9-7-19(24)8-10-20/h5-14H,4,15H2,1-3H3/b11-5+. The highest BCUT2D eigenvalue weighted by atomic mass is 19.1. The number of methoxy groups -OCH3 is 1. The van der Waals surface area contributed by atoms with E-state index >= 15 is 0 Å². The Balaban J connectivity index is 1.74. The van der Waals surface area contributed by atoms with Crippen LogP contribution in [0.3, 0.4) is 0 Å². The first kappa shape index (κ1) is 20.3. The fourth-order valence-corrected chi connectivity index (χ4v) is 2.89. The molecule has 0 saturated heterocycles. The maximum atomic E-state index is 13.0. The van der Waals surface area contributed by atoms with Gasteiger partial charge in [0.1, 0.15) is 23.9 Å². The molecule has 0 saturated carbocycles. The van der Waals surface area contributed by atoms with Crippen molar-refractivity contribution in [2.45, 2.75) is 27.0 Å². The topological polar surface area (TPSA) is 53.4 Å². The lowest BCUT2D eigenvalue weighted by atomic mass is 10.1. The zero-order valence-electron chi connectivity index (χ0n) is 16.7. The van der Waals surface area contributed by atoms with Crippen LogP contribution in [0.15, 0.2) is 54.7 Å². The Morgan fingerprint density at radius 1 is 1.21 bits per heavy atom. The Labute approximate surface area is 169 Å². The fourth-order valence-electron chi connectivity index (χ4n) is 2.89. The van der Waals surface area contributed by atoms with Crippen LogP contribution in [-0.2, 0) is 13.2 Å². The molecule has 0 aliphatic carbocycles. The molecule has 0 aliphatic heterocycles. The van der Waals surface area contributed by atoms with Crippen LogP contribution in [0.1, 0.15) is 34.1 Å². The molecule has 0 spiro atoms. The number of carbonyl (C=O) groups excluding carboxylic acids is 1. The van der Waals surface area contributed by atoms with Crippen molar-refractivity contribution in [3.63, 3.8) is 0 Å². The van der Waals surface area contributed by atoms with Gasteiger partial charge in [0, 0.05) is 18.3 Å². The number of ether oxygens (including phenoxy) is 2.